The van der Waals surface area contributed by atoms with Crippen molar-refractivity contribution >= 4 is 28.8 Å². The molecule has 0 radical (unpaired) electrons. The van der Waals surface area contributed by atoms with Gasteiger partial charge < -0.3 is 20.1 Å². The topological polar surface area (TPSA) is 73.0 Å². The predicted octanol–water partition coefficient (Wildman–Crippen LogP) is 3.88. The number of hydrogen-bond donors (Lipinski definition) is 2. The first kappa shape index (κ1) is 19.8. The van der Waals surface area contributed by atoms with E-state index in [0.29, 0.717) is 6.04 Å². The van der Waals surface area contributed by atoms with E-state index in [9.17, 15) is 0 Å². The van der Waals surface area contributed by atoms with Gasteiger partial charge in [0.1, 0.15) is 11.8 Å². The van der Waals surface area contributed by atoms with E-state index in [2.05, 4.69) is 86.8 Å². The average Bonchev–Trinajstić information content (AvgIpc) is 3.24. The first-order valence-corrected chi connectivity index (χ1v) is 10.9. The van der Waals surface area contributed by atoms with E-state index in [1.54, 1.807) is 12.7 Å². The minimum Gasteiger partial charge on any atom is -0.360 e. The molecule has 0 aliphatic carbocycles. The molecule has 2 aliphatic rings. The van der Waals surface area contributed by atoms with Crippen molar-refractivity contribution in [3.05, 3.63) is 59.8 Å². The molecular weight excluding hydrogens is 386 g/mol. The number of aromatic amines is 1. The van der Waals surface area contributed by atoms with Crippen LogP contribution in [-0.4, -0.2) is 62.0 Å². The number of hydrogen-bond acceptors (Lipinski definition) is 6. The highest BCUT2D eigenvalue weighted by Gasteiger charge is 2.33. The lowest BCUT2D eigenvalue weighted by Gasteiger charge is -2.45. The van der Waals surface area contributed by atoms with Gasteiger partial charge in [-0.05, 0) is 64.0 Å². The van der Waals surface area contributed by atoms with Crippen molar-refractivity contribution in [3.8, 4) is 0 Å². The Hall–Kier alpha value is -3.19. The molecule has 2 N–H and O–H groups in total. The molecule has 0 saturated carbocycles. The second kappa shape index (κ2) is 7.81. The molecule has 7 nitrogen and oxygen atoms in total. The van der Waals surface area contributed by atoms with Gasteiger partial charge in [-0.3, -0.25) is 0 Å². The molecule has 1 fully saturated rings. The number of aryl methyl sites for hydroxylation is 1. The van der Waals surface area contributed by atoms with Crippen LogP contribution in [0.25, 0.3) is 22.9 Å². The van der Waals surface area contributed by atoms with E-state index in [-0.39, 0.29) is 6.04 Å². The van der Waals surface area contributed by atoms with Gasteiger partial charge in [-0.1, -0.05) is 24.8 Å². The van der Waals surface area contributed by atoms with Crippen LogP contribution >= 0.6 is 0 Å². The molecule has 31 heavy (non-hydrogen) atoms. The Morgan fingerprint density at radius 1 is 1.19 bits per heavy atom. The van der Waals surface area contributed by atoms with Crippen LogP contribution in [0.5, 0.6) is 0 Å². The molecule has 3 aromatic rings. The number of imidazole rings is 1. The van der Waals surface area contributed by atoms with E-state index in [1.165, 1.54) is 22.4 Å². The Kier molecular flexibility index (Phi) is 4.98. The van der Waals surface area contributed by atoms with Crippen molar-refractivity contribution in [2.75, 3.05) is 25.5 Å². The van der Waals surface area contributed by atoms with E-state index in [1.807, 2.05) is 0 Å². The zero-order valence-electron chi connectivity index (χ0n) is 18.4. The van der Waals surface area contributed by atoms with Crippen LogP contribution < -0.4 is 5.32 Å². The Balaban J connectivity index is 1.54. The fourth-order valence-corrected chi connectivity index (χ4v) is 4.88. The molecular formula is C24H29N7. The minimum absolute atomic E-state index is 0.0277. The molecule has 0 bridgehead atoms. The third-order valence-corrected chi connectivity index (χ3v) is 6.53. The normalized spacial score (nSPS) is 18.7. The van der Waals surface area contributed by atoms with Gasteiger partial charge >= 0.3 is 0 Å². The summed E-state index contributed by atoms with van der Waals surface area (Å²) in [6, 6.07) is 6.94. The SMILES string of the molecule is C=C1c2c(C)cccc2C=C(C(C)Nc2ncnc3[nH]cnc23)N1C1CCN(C)CC1. The van der Waals surface area contributed by atoms with Crippen molar-refractivity contribution < 1.29 is 0 Å². The lowest BCUT2D eigenvalue weighted by atomic mass is 9.90. The zero-order valence-corrected chi connectivity index (χ0v) is 18.4. The number of piperidine rings is 1. The maximum absolute atomic E-state index is 4.57. The lowest BCUT2D eigenvalue weighted by molar-refractivity contribution is 0.187. The molecule has 7 heteroatoms. The number of nitrogens with zero attached hydrogens (tertiary/aromatic N) is 5. The highest BCUT2D eigenvalue weighted by molar-refractivity contribution is 5.84. The van der Waals surface area contributed by atoms with Crippen molar-refractivity contribution in [2.24, 2.45) is 0 Å². The zero-order chi connectivity index (χ0) is 21.5. The predicted molar refractivity (Wildman–Crippen MR) is 125 cm³/mol. The maximum Gasteiger partial charge on any atom is 0.162 e. The minimum atomic E-state index is 0.0277. The molecule has 2 aromatic heterocycles. The van der Waals surface area contributed by atoms with Gasteiger partial charge in [-0.25, -0.2) is 15.0 Å². The summed E-state index contributed by atoms with van der Waals surface area (Å²) >= 11 is 0. The largest absolute Gasteiger partial charge is 0.360 e. The van der Waals surface area contributed by atoms with Crippen molar-refractivity contribution in [1.29, 1.82) is 0 Å². The van der Waals surface area contributed by atoms with Crippen LogP contribution in [0.15, 0.2) is 43.1 Å². The molecule has 5 rings (SSSR count). The summed E-state index contributed by atoms with van der Waals surface area (Å²) in [5, 5.41) is 3.59. The maximum atomic E-state index is 4.57. The van der Waals surface area contributed by atoms with Crippen LogP contribution in [0.3, 0.4) is 0 Å². The number of H-pyrrole nitrogens is 1. The number of nitrogens with one attached hydrogen (secondary N) is 2. The summed E-state index contributed by atoms with van der Waals surface area (Å²) in [7, 11) is 2.20. The monoisotopic (exact) mass is 415 g/mol. The lowest BCUT2D eigenvalue weighted by Crippen LogP contribution is -2.45. The molecule has 1 aromatic carbocycles. The van der Waals surface area contributed by atoms with Crippen LogP contribution in [0.1, 0.15) is 36.5 Å². The third kappa shape index (κ3) is 3.49. The molecule has 1 atom stereocenters. The number of benzene rings is 1. The second-order valence-electron chi connectivity index (χ2n) is 8.65. The summed E-state index contributed by atoms with van der Waals surface area (Å²) in [6.07, 6.45) is 7.78. The first-order chi connectivity index (χ1) is 15.0. The summed E-state index contributed by atoms with van der Waals surface area (Å²) in [5.41, 5.74) is 7.57. The Labute approximate surface area is 182 Å². The van der Waals surface area contributed by atoms with Gasteiger partial charge in [0, 0.05) is 23.0 Å². The fraction of sp³-hybridized carbons (Fsp3) is 0.375. The Bertz CT molecular complexity index is 1150. The van der Waals surface area contributed by atoms with E-state index in [4.69, 9.17) is 0 Å². The molecule has 2 aliphatic heterocycles. The van der Waals surface area contributed by atoms with Gasteiger partial charge in [0.05, 0.1) is 12.4 Å². The molecule has 1 unspecified atom stereocenters. The Morgan fingerprint density at radius 3 is 2.81 bits per heavy atom. The smallest absolute Gasteiger partial charge is 0.162 e. The van der Waals surface area contributed by atoms with Crippen molar-refractivity contribution in [2.45, 2.75) is 38.8 Å². The quantitative estimate of drug-likeness (QED) is 0.674. The standard InChI is InChI=1S/C24H29N7/c1-15-6-5-7-18-12-20(16(2)29-24-22-23(26-13-25-22)27-14-28-24)31(17(3)21(15)18)19-8-10-30(4)11-9-19/h5-7,12-14,16,19H,3,8-11H2,1-2,4H3,(H2,25,26,27,28,29). The van der Waals surface area contributed by atoms with Gasteiger partial charge in [-0.15, -0.1) is 0 Å². The molecule has 4 heterocycles. The van der Waals surface area contributed by atoms with Crippen LogP contribution in [-0.2, 0) is 0 Å². The molecule has 0 amide bonds. The van der Waals surface area contributed by atoms with Gasteiger partial charge in [0.25, 0.3) is 0 Å². The summed E-state index contributed by atoms with van der Waals surface area (Å²) in [6.45, 7) is 11.1. The van der Waals surface area contributed by atoms with Gasteiger partial charge in [0.15, 0.2) is 11.5 Å². The van der Waals surface area contributed by atoms with Crippen LogP contribution in [0.2, 0.25) is 0 Å². The number of fused-ring (bicyclic) bond motifs is 2. The van der Waals surface area contributed by atoms with Crippen molar-refractivity contribution in [1.82, 2.24) is 29.7 Å². The summed E-state index contributed by atoms with van der Waals surface area (Å²) in [5.74, 6) is 0.739. The first-order valence-electron chi connectivity index (χ1n) is 10.9. The van der Waals surface area contributed by atoms with Gasteiger partial charge in [0.2, 0.25) is 0 Å². The van der Waals surface area contributed by atoms with Crippen LogP contribution in [0, 0.1) is 6.92 Å². The van der Waals surface area contributed by atoms with E-state index < -0.39 is 0 Å². The molecule has 160 valence electrons. The number of aromatic nitrogens is 4. The third-order valence-electron chi connectivity index (χ3n) is 6.53. The van der Waals surface area contributed by atoms with E-state index >= 15 is 0 Å². The molecule has 0 spiro atoms. The van der Waals surface area contributed by atoms with Crippen molar-refractivity contribution in [3.63, 3.8) is 0 Å². The Morgan fingerprint density at radius 2 is 2.00 bits per heavy atom. The average molecular weight is 416 g/mol. The van der Waals surface area contributed by atoms with Gasteiger partial charge in [-0.2, -0.15) is 0 Å². The van der Waals surface area contributed by atoms with Crippen LogP contribution in [0.4, 0.5) is 5.82 Å². The highest BCUT2D eigenvalue weighted by atomic mass is 15.2. The summed E-state index contributed by atoms with van der Waals surface area (Å²) < 4.78 is 0. The number of rotatable bonds is 4. The number of anilines is 1. The number of likely N-dealkylation sites (tertiary alicyclic amines) is 1. The molecule has 1 saturated heterocycles. The highest BCUT2D eigenvalue weighted by Crippen LogP contribution is 2.39. The summed E-state index contributed by atoms with van der Waals surface area (Å²) in [4.78, 5) is 21.1. The fourth-order valence-electron chi connectivity index (χ4n) is 4.88. The second-order valence-corrected chi connectivity index (χ2v) is 8.65. The van der Waals surface area contributed by atoms with E-state index in [0.717, 1.165) is 48.6 Å².